The lowest BCUT2D eigenvalue weighted by atomic mass is 10.1. The molecule has 0 heterocycles. The van der Waals surface area contributed by atoms with Gasteiger partial charge in [-0.25, -0.2) is 13.6 Å². The Bertz CT molecular complexity index is 899. The Morgan fingerprint density at radius 1 is 1.10 bits per heavy atom. The molecule has 29 heavy (non-hydrogen) atoms. The third-order valence-electron chi connectivity index (χ3n) is 4.19. The molecule has 2 aromatic carbocycles. The number of methoxy groups -OCH3 is 1. The summed E-state index contributed by atoms with van der Waals surface area (Å²) in [5.74, 6) is -2.23. The van der Waals surface area contributed by atoms with Crippen molar-refractivity contribution in [2.45, 2.75) is 32.4 Å². The summed E-state index contributed by atoms with van der Waals surface area (Å²) in [5, 5.41) is 2.59. The van der Waals surface area contributed by atoms with E-state index < -0.39 is 37.8 Å². The molecule has 0 saturated carbocycles. The zero-order valence-corrected chi connectivity index (χ0v) is 17.7. The summed E-state index contributed by atoms with van der Waals surface area (Å²) in [5.41, 5.74) is 5.88. The molecule has 2 aromatic rings. The van der Waals surface area contributed by atoms with Crippen molar-refractivity contribution in [1.82, 2.24) is 0 Å². The van der Waals surface area contributed by atoms with Crippen LogP contribution in [0.25, 0.3) is 0 Å². The Labute approximate surface area is 169 Å². The number of hydrogen-bond donors (Lipinski definition) is 2. The first-order valence-corrected chi connectivity index (χ1v) is 12.4. The van der Waals surface area contributed by atoms with Crippen LogP contribution in [0.2, 0.25) is 19.6 Å². The number of amides is 2. The molecule has 0 fully saturated rings. The number of benzene rings is 2. The van der Waals surface area contributed by atoms with E-state index >= 15 is 0 Å². The lowest BCUT2D eigenvalue weighted by Gasteiger charge is -2.20. The first-order chi connectivity index (χ1) is 13.5. The summed E-state index contributed by atoms with van der Waals surface area (Å²) in [4.78, 5) is 23.9. The molecule has 3 N–H and O–H groups in total. The highest BCUT2D eigenvalue weighted by Gasteiger charge is 2.27. The predicted molar refractivity (Wildman–Crippen MR) is 109 cm³/mol. The lowest BCUT2D eigenvalue weighted by Crippen LogP contribution is -2.40. The van der Waals surface area contributed by atoms with Gasteiger partial charge in [0.2, 0.25) is 6.10 Å². The van der Waals surface area contributed by atoms with Crippen LogP contribution in [0.4, 0.5) is 19.3 Å². The number of nitrogens with one attached hydrogen (secondary N) is 1. The van der Waals surface area contributed by atoms with Gasteiger partial charge in [-0.05, 0) is 16.8 Å². The summed E-state index contributed by atoms with van der Waals surface area (Å²) in [6, 6.07) is 8.53. The molecule has 1 atom stereocenters. The Morgan fingerprint density at radius 3 is 2.24 bits per heavy atom. The molecule has 0 unspecified atom stereocenters. The standard InChI is InChI=1S/C20H24F2N2O4Si/c1-27-11-12-5-7-13(8-6-12)18(28-20(23)26)19(25)24-16-9-15(22)17(10-14(16)21)29(2,3)4/h5-10,18H,11H2,1-4H3,(H2,23,26)(H,24,25)/t18-/m1/s1. The highest BCUT2D eigenvalue weighted by molar-refractivity contribution is 6.88. The third-order valence-corrected chi connectivity index (χ3v) is 6.19. The maximum atomic E-state index is 14.5. The second-order valence-corrected chi connectivity index (χ2v) is 12.6. The summed E-state index contributed by atoms with van der Waals surface area (Å²) in [6.45, 7) is 6.01. The predicted octanol–water partition coefficient (Wildman–Crippen LogP) is 3.43. The molecule has 2 amide bonds. The van der Waals surface area contributed by atoms with Gasteiger partial charge in [-0.1, -0.05) is 43.9 Å². The number of carbonyl (C=O) groups is 2. The minimum atomic E-state index is -2.10. The molecule has 9 heteroatoms. The van der Waals surface area contributed by atoms with E-state index in [1.54, 1.807) is 31.4 Å². The number of rotatable bonds is 7. The van der Waals surface area contributed by atoms with E-state index in [9.17, 15) is 18.4 Å². The van der Waals surface area contributed by atoms with E-state index in [0.29, 0.717) is 17.4 Å². The minimum Gasteiger partial charge on any atom is -0.431 e. The summed E-state index contributed by atoms with van der Waals surface area (Å²) in [7, 11) is -0.561. The van der Waals surface area contributed by atoms with Gasteiger partial charge in [-0.15, -0.1) is 0 Å². The van der Waals surface area contributed by atoms with Crippen LogP contribution >= 0.6 is 0 Å². The molecule has 0 aliphatic heterocycles. The van der Waals surface area contributed by atoms with Gasteiger partial charge < -0.3 is 20.5 Å². The van der Waals surface area contributed by atoms with Crippen molar-refractivity contribution in [2.75, 3.05) is 12.4 Å². The van der Waals surface area contributed by atoms with Crippen LogP contribution in [0.1, 0.15) is 17.2 Å². The number of halogens is 2. The monoisotopic (exact) mass is 422 g/mol. The quantitative estimate of drug-likeness (QED) is 0.669. The van der Waals surface area contributed by atoms with Crippen LogP contribution in [-0.2, 0) is 20.9 Å². The molecular weight excluding hydrogens is 398 g/mol. The van der Waals surface area contributed by atoms with Crippen molar-refractivity contribution in [3.05, 3.63) is 59.2 Å². The topological polar surface area (TPSA) is 90.7 Å². The van der Waals surface area contributed by atoms with Crippen LogP contribution in [0.3, 0.4) is 0 Å². The lowest BCUT2D eigenvalue weighted by molar-refractivity contribution is -0.124. The molecule has 6 nitrogen and oxygen atoms in total. The largest absolute Gasteiger partial charge is 0.431 e. The number of hydrogen-bond acceptors (Lipinski definition) is 4. The van der Waals surface area contributed by atoms with Crippen molar-refractivity contribution in [1.29, 1.82) is 0 Å². The first-order valence-electron chi connectivity index (χ1n) is 8.87. The summed E-state index contributed by atoms with van der Waals surface area (Å²) >= 11 is 0. The Hall–Kier alpha value is -2.78. The summed E-state index contributed by atoms with van der Waals surface area (Å²) < 4.78 is 38.8. The van der Waals surface area contributed by atoms with Crippen molar-refractivity contribution in [3.8, 4) is 0 Å². The van der Waals surface area contributed by atoms with E-state index in [0.717, 1.165) is 17.7 Å². The smallest absolute Gasteiger partial charge is 0.405 e. The van der Waals surface area contributed by atoms with Crippen LogP contribution in [0.5, 0.6) is 0 Å². The Balaban J connectivity index is 2.31. The van der Waals surface area contributed by atoms with Gasteiger partial charge in [0.05, 0.1) is 20.4 Å². The van der Waals surface area contributed by atoms with Gasteiger partial charge in [0.15, 0.2) is 0 Å². The molecule has 0 spiro atoms. The molecule has 2 rings (SSSR count). The first kappa shape index (κ1) is 22.5. The average Bonchev–Trinajstić information content (AvgIpc) is 2.62. The molecule has 0 saturated heterocycles. The average molecular weight is 423 g/mol. The highest BCUT2D eigenvalue weighted by atomic mass is 28.3. The van der Waals surface area contributed by atoms with Crippen molar-refractivity contribution < 1.29 is 27.8 Å². The number of carbonyl (C=O) groups excluding carboxylic acids is 2. The zero-order valence-electron chi connectivity index (χ0n) is 16.7. The van der Waals surface area contributed by atoms with Crippen LogP contribution in [0, 0.1) is 11.6 Å². The van der Waals surface area contributed by atoms with E-state index in [4.69, 9.17) is 15.2 Å². The molecule has 0 bridgehead atoms. The normalized spacial score (nSPS) is 12.3. The number of anilines is 1. The van der Waals surface area contributed by atoms with Gasteiger partial charge in [0, 0.05) is 18.7 Å². The van der Waals surface area contributed by atoms with E-state index in [1.807, 2.05) is 19.6 Å². The van der Waals surface area contributed by atoms with Crippen LogP contribution in [-0.4, -0.2) is 27.2 Å². The van der Waals surface area contributed by atoms with E-state index in [1.165, 1.54) is 0 Å². The molecule has 156 valence electrons. The van der Waals surface area contributed by atoms with Crippen LogP contribution < -0.4 is 16.2 Å². The zero-order chi connectivity index (χ0) is 21.8. The Kier molecular flexibility index (Phi) is 7.10. The number of ether oxygens (including phenoxy) is 2. The molecule has 0 aliphatic rings. The van der Waals surface area contributed by atoms with Gasteiger partial charge in [-0.3, -0.25) is 4.79 Å². The van der Waals surface area contributed by atoms with Gasteiger partial charge >= 0.3 is 6.09 Å². The fourth-order valence-corrected chi connectivity index (χ4v) is 4.11. The van der Waals surface area contributed by atoms with Crippen molar-refractivity contribution >= 4 is 30.9 Å². The number of nitrogens with two attached hydrogens (primary N) is 1. The van der Waals surface area contributed by atoms with Crippen LogP contribution in [0.15, 0.2) is 36.4 Å². The second-order valence-electron chi connectivity index (χ2n) is 7.54. The molecule has 0 radical (unpaired) electrons. The number of primary amides is 1. The fraction of sp³-hybridized carbons (Fsp3) is 0.300. The fourth-order valence-electron chi connectivity index (χ4n) is 2.76. The van der Waals surface area contributed by atoms with Gasteiger partial charge in [0.1, 0.15) is 11.6 Å². The van der Waals surface area contributed by atoms with E-state index in [2.05, 4.69) is 5.32 Å². The third kappa shape index (κ3) is 5.85. The SMILES string of the molecule is COCc1ccc([C@@H](OC(N)=O)C(=O)Nc2cc(F)c([Si](C)(C)C)cc2F)cc1. The second kappa shape index (κ2) is 9.14. The van der Waals surface area contributed by atoms with E-state index in [-0.39, 0.29) is 5.69 Å². The Morgan fingerprint density at radius 2 is 1.72 bits per heavy atom. The molecule has 0 aromatic heterocycles. The van der Waals surface area contributed by atoms with Gasteiger partial charge in [-0.2, -0.15) is 0 Å². The maximum absolute atomic E-state index is 14.5. The van der Waals surface area contributed by atoms with Gasteiger partial charge in [0.25, 0.3) is 5.91 Å². The van der Waals surface area contributed by atoms with Crippen molar-refractivity contribution in [2.24, 2.45) is 5.73 Å². The minimum absolute atomic E-state index is 0.312. The van der Waals surface area contributed by atoms with Crippen molar-refractivity contribution in [3.63, 3.8) is 0 Å². The maximum Gasteiger partial charge on any atom is 0.405 e. The molecule has 0 aliphatic carbocycles. The molecular formula is C20H24F2N2O4Si. The highest BCUT2D eigenvalue weighted by Crippen LogP contribution is 2.23. The summed E-state index contributed by atoms with van der Waals surface area (Å²) in [6.07, 6.45) is -2.60.